The predicted molar refractivity (Wildman–Crippen MR) is 82.9 cm³/mol. The molecule has 20 heavy (non-hydrogen) atoms. The van der Waals surface area contributed by atoms with Gasteiger partial charge in [0, 0.05) is 32.0 Å². The van der Waals surface area contributed by atoms with Crippen molar-refractivity contribution in [1.29, 1.82) is 0 Å². The van der Waals surface area contributed by atoms with Crippen LogP contribution in [0, 0.1) is 0 Å². The topological polar surface area (TPSA) is 46.0 Å². The van der Waals surface area contributed by atoms with Gasteiger partial charge in [0.15, 0.2) is 0 Å². The molecule has 0 saturated carbocycles. The van der Waals surface area contributed by atoms with E-state index in [2.05, 4.69) is 41.0 Å². The van der Waals surface area contributed by atoms with Gasteiger partial charge in [-0.15, -0.1) is 0 Å². The van der Waals surface area contributed by atoms with Crippen LogP contribution in [0.5, 0.6) is 0 Å². The smallest absolute Gasteiger partial charge is 0.131 e. The molecule has 2 heterocycles. The van der Waals surface area contributed by atoms with E-state index < -0.39 is 0 Å². The van der Waals surface area contributed by atoms with Crippen LogP contribution in [0.15, 0.2) is 30.6 Å². The Kier molecular flexibility index (Phi) is 3.97. The maximum atomic E-state index is 4.65. The van der Waals surface area contributed by atoms with Crippen LogP contribution in [0.25, 0.3) is 0 Å². The van der Waals surface area contributed by atoms with Crippen molar-refractivity contribution in [2.45, 2.75) is 32.9 Å². The van der Waals surface area contributed by atoms with Gasteiger partial charge in [-0.25, -0.2) is 9.97 Å². The lowest BCUT2D eigenvalue weighted by molar-refractivity contribution is 0.630. The molecule has 108 valence electrons. The Hall–Kier alpha value is -2.04. The molecule has 5 heteroatoms. The molecule has 0 unspecified atom stereocenters. The third-order valence-electron chi connectivity index (χ3n) is 2.93. The highest BCUT2D eigenvalue weighted by Gasteiger charge is 2.12. The molecule has 0 radical (unpaired) electrons. The Balaban J connectivity index is 2.12. The first-order valence-corrected chi connectivity index (χ1v) is 6.78. The summed E-state index contributed by atoms with van der Waals surface area (Å²) in [5.41, 5.74) is 0.00384. The third-order valence-corrected chi connectivity index (χ3v) is 2.93. The maximum Gasteiger partial charge on any atom is 0.131 e. The van der Waals surface area contributed by atoms with Crippen molar-refractivity contribution >= 4 is 11.6 Å². The summed E-state index contributed by atoms with van der Waals surface area (Å²) in [6, 6.07) is 6.02. The molecule has 0 fully saturated rings. The SMILES string of the molecule is CN(Cc1nccn1C)c1cccc(NC(C)(C)C)n1. The second-order valence-electron chi connectivity index (χ2n) is 6.07. The van der Waals surface area contributed by atoms with Gasteiger partial charge in [0.1, 0.15) is 17.5 Å². The fourth-order valence-electron chi connectivity index (χ4n) is 1.93. The lowest BCUT2D eigenvalue weighted by Gasteiger charge is -2.23. The van der Waals surface area contributed by atoms with Gasteiger partial charge < -0.3 is 14.8 Å². The standard InChI is InChI=1S/C15H23N5/c1-15(2,3)18-12-7-6-8-13(17-12)20(5)11-14-16-9-10-19(14)4/h6-10H,11H2,1-5H3,(H,17,18). The lowest BCUT2D eigenvalue weighted by Crippen LogP contribution is -2.27. The van der Waals surface area contributed by atoms with Crippen LogP contribution in [-0.2, 0) is 13.6 Å². The predicted octanol–water partition coefficient (Wildman–Crippen LogP) is 2.66. The molecule has 0 aliphatic carbocycles. The molecule has 2 aromatic rings. The summed E-state index contributed by atoms with van der Waals surface area (Å²) in [5.74, 6) is 2.84. The molecular weight excluding hydrogens is 250 g/mol. The first-order valence-electron chi connectivity index (χ1n) is 6.78. The van der Waals surface area contributed by atoms with Crippen molar-refractivity contribution in [2.75, 3.05) is 17.3 Å². The molecule has 0 atom stereocenters. The molecule has 0 aliphatic rings. The average Bonchev–Trinajstić information content (AvgIpc) is 2.73. The van der Waals surface area contributed by atoms with Crippen molar-refractivity contribution in [1.82, 2.24) is 14.5 Å². The fourth-order valence-corrected chi connectivity index (χ4v) is 1.93. The van der Waals surface area contributed by atoms with Crippen LogP contribution in [0.3, 0.4) is 0 Å². The van der Waals surface area contributed by atoms with Gasteiger partial charge in [-0.3, -0.25) is 0 Å². The number of imidazole rings is 1. The van der Waals surface area contributed by atoms with Gasteiger partial charge in [-0.05, 0) is 32.9 Å². The van der Waals surface area contributed by atoms with E-state index in [1.165, 1.54) is 0 Å². The molecular formula is C15H23N5. The summed E-state index contributed by atoms with van der Waals surface area (Å²) in [6.07, 6.45) is 3.77. The maximum absolute atomic E-state index is 4.65. The number of pyridine rings is 1. The Bertz CT molecular complexity index is 568. The monoisotopic (exact) mass is 273 g/mol. The highest BCUT2D eigenvalue weighted by atomic mass is 15.2. The van der Waals surface area contributed by atoms with E-state index >= 15 is 0 Å². The Morgan fingerprint density at radius 3 is 2.65 bits per heavy atom. The average molecular weight is 273 g/mol. The zero-order valence-corrected chi connectivity index (χ0v) is 12.9. The minimum absolute atomic E-state index is 0.00384. The number of nitrogens with one attached hydrogen (secondary N) is 1. The van der Waals surface area contributed by atoms with E-state index in [9.17, 15) is 0 Å². The highest BCUT2D eigenvalue weighted by molar-refractivity contribution is 5.47. The minimum Gasteiger partial charge on any atom is -0.365 e. The largest absolute Gasteiger partial charge is 0.365 e. The number of hydrogen-bond acceptors (Lipinski definition) is 4. The van der Waals surface area contributed by atoms with Crippen LogP contribution in [-0.4, -0.2) is 27.1 Å². The summed E-state index contributed by atoms with van der Waals surface area (Å²) >= 11 is 0. The molecule has 0 aromatic carbocycles. The quantitative estimate of drug-likeness (QED) is 0.930. The second kappa shape index (κ2) is 5.53. The van der Waals surface area contributed by atoms with Gasteiger partial charge >= 0.3 is 0 Å². The summed E-state index contributed by atoms with van der Waals surface area (Å²) in [4.78, 5) is 11.1. The van der Waals surface area contributed by atoms with E-state index in [-0.39, 0.29) is 5.54 Å². The Labute approximate surface area is 120 Å². The second-order valence-corrected chi connectivity index (χ2v) is 6.07. The van der Waals surface area contributed by atoms with Crippen molar-refractivity contribution in [3.8, 4) is 0 Å². The molecule has 0 saturated heterocycles. The van der Waals surface area contributed by atoms with E-state index in [1.54, 1.807) is 0 Å². The van der Waals surface area contributed by atoms with E-state index in [0.717, 1.165) is 24.0 Å². The highest BCUT2D eigenvalue weighted by Crippen LogP contribution is 2.17. The van der Waals surface area contributed by atoms with Gasteiger partial charge in [-0.2, -0.15) is 0 Å². The fraction of sp³-hybridized carbons (Fsp3) is 0.467. The zero-order valence-electron chi connectivity index (χ0n) is 12.9. The van der Waals surface area contributed by atoms with Crippen LogP contribution in [0.4, 0.5) is 11.6 Å². The number of hydrogen-bond donors (Lipinski definition) is 1. The van der Waals surface area contributed by atoms with E-state index in [1.807, 2.05) is 49.3 Å². The van der Waals surface area contributed by atoms with Gasteiger partial charge in [-0.1, -0.05) is 6.07 Å². The van der Waals surface area contributed by atoms with Gasteiger partial charge in [0.05, 0.1) is 6.54 Å². The van der Waals surface area contributed by atoms with Gasteiger partial charge in [0.25, 0.3) is 0 Å². The molecule has 0 bridgehead atoms. The number of anilines is 2. The number of rotatable bonds is 4. The lowest BCUT2D eigenvalue weighted by atomic mass is 10.1. The van der Waals surface area contributed by atoms with Crippen molar-refractivity contribution in [3.05, 3.63) is 36.4 Å². The summed E-state index contributed by atoms with van der Waals surface area (Å²) in [7, 11) is 4.03. The van der Waals surface area contributed by atoms with Crippen LogP contribution < -0.4 is 10.2 Å². The normalized spacial score (nSPS) is 11.4. The first-order chi connectivity index (χ1) is 9.35. The van der Waals surface area contributed by atoms with Crippen molar-refractivity contribution in [2.24, 2.45) is 7.05 Å². The molecule has 2 rings (SSSR count). The molecule has 0 aliphatic heterocycles. The zero-order chi connectivity index (χ0) is 14.8. The summed E-state index contributed by atoms with van der Waals surface area (Å²) in [5, 5.41) is 3.39. The third kappa shape index (κ3) is 3.73. The summed E-state index contributed by atoms with van der Waals surface area (Å²) < 4.78 is 2.02. The molecule has 0 amide bonds. The number of nitrogens with zero attached hydrogens (tertiary/aromatic N) is 4. The first kappa shape index (κ1) is 14.4. The van der Waals surface area contributed by atoms with Crippen LogP contribution in [0.1, 0.15) is 26.6 Å². The molecule has 0 spiro atoms. The number of aromatic nitrogens is 3. The van der Waals surface area contributed by atoms with Crippen LogP contribution >= 0.6 is 0 Å². The molecule has 1 N–H and O–H groups in total. The van der Waals surface area contributed by atoms with Crippen molar-refractivity contribution < 1.29 is 0 Å². The van der Waals surface area contributed by atoms with E-state index in [4.69, 9.17) is 0 Å². The molecule has 2 aromatic heterocycles. The van der Waals surface area contributed by atoms with Gasteiger partial charge in [0.2, 0.25) is 0 Å². The van der Waals surface area contributed by atoms with Crippen LogP contribution in [0.2, 0.25) is 0 Å². The number of aryl methyl sites for hydroxylation is 1. The Morgan fingerprint density at radius 1 is 1.30 bits per heavy atom. The molecule has 5 nitrogen and oxygen atoms in total. The summed E-state index contributed by atoms with van der Waals surface area (Å²) in [6.45, 7) is 7.10. The minimum atomic E-state index is 0.00384. The Morgan fingerprint density at radius 2 is 2.05 bits per heavy atom. The van der Waals surface area contributed by atoms with E-state index in [0.29, 0.717) is 0 Å². The van der Waals surface area contributed by atoms with Crippen molar-refractivity contribution in [3.63, 3.8) is 0 Å².